The number of rotatable bonds is 10. The lowest BCUT2D eigenvalue weighted by atomic mass is 10.1. The molecule has 0 amide bonds. The van der Waals surface area contributed by atoms with Crippen molar-refractivity contribution in [3.05, 3.63) is 112 Å². The molecule has 0 aromatic heterocycles. The first-order valence-corrected chi connectivity index (χ1v) is 13.0. The molecule has 0 aliphatic heterocycles. The highest BCUT2D eigenvalue weighted by molar-refractivity contribution is 7.52. The van der Waals surface area contributed by atoms with Crippen LogP contribution in [0.25, 0.3) is 10.8 Å². The van der Waals surface area contributed by atoms with Crippen LogP contribution in [0.1, 0.15) is 18.1 Å². The first-order valence-electron chi connectivity index (χ1n) is 11.4. The standard InChI is InChI=1S/C27H22N3O7P/c1-19(27(31)35-18-20-9-3-2-4-10-20)29-38(34,36-25-16-8-12-21-11-5-6-14-23(21)25)37-26-22(17-28)13-7-15-24(26)30(32)33/h2-16,19H,18H2,1H3,(H,29,34)/t19-,38?/m0/s1. The third-order valence-electron chi connectivity index (χ3n) is 5.42. The van der Waals surface area contributed by atoms with Crippen molar-refractivity contribution in [2.45, 2.75) is 19.6 Å². The number of fused-ring (bicyclic) bond motifs is 1. The molecule has 0 fully saturated rings. The zero-order valence-corrected chi connectivity index (χ0v) is 21.0. The van der Waals surface area contributed by atoms with E-state index in [2.05, 4.69) is 5.09 Å². The number of hydrogen-bond donors (Lipinski definition) is 1. The van der Waals surface area contributed by atoms with Crippen molar-refractivity contribution in [2.75, 3.05) is 0 Å². The van der Waals surface area contributed by atoms with E-state index in [1.807, 2.05) is 24.3 Å². The number of para-hydroxylation sites is 1. The molecular weight excluding hydrogens is 509 g/mol. The zero-order valence-electron chi connectivity index (χ0n) is 20.1. The maximum absolute atomic E-state index is 14.1. The number of nitrogens with zero attached hydrogens (tertiary/aromatic N) is 2. The summed E-state index contributed by atoms with van der Waals surface area (Å²) in [6, 6.07) is 25.4. The lowest BCUT2D eigenvalue weighted by Gasteiger charge is -2.24. The number of nitro benzene ring substituents is 1. The van der Waals surface area contributed by atoms with Gasteiger partial charge in [0.25, 0.3) is 0 Å². The minimum absolute atomic E-state index is 0.0240. The predicted molar refractivity (Wildman–Crippen MR) is 139 cm³/mol. The molecule has 192 valence electrons. The van der Waals surface area contributed by atoms with Crippen molar-refractivity contribution in [1.82, 2.24) is 5.09 Å². The van der Waals surface area contributed by atoms with Crippen LogP contribution in [0.3, 0.4) is 0 Å². The minimum Gasteiger partial charge on any atom is -0.460 e. The number of hydrogen-bond acceptors (Lipinski definition) is 8. The Morgan fingerprint density at radius 3 is 2.42 bits per heavy atom. The van der Waals surface area contributed by atoms with Crippen molar-refractivity contribution < 1.29 is 28.1 Å². The van der Waals surface area contributed by atoms with Crippen molar-refractivity contribution in [2.24, 2.45) is 0 Å². The molecule has 0 heterocycles. The van der Waals surface area contributed by atoms with Crippen LogP contribution < -0.4 is 14.1 Å². The topological polar surface area (TPSA) is 141 Å². The molecule has 0 spiro atoms. The Morgan fingerprint density at radius 1 is 1.00 bits per heavy atom. The largest absolute Gasteiger partial charge is 0.513 e. The third kappa shape index (κ3) is 6.16. The molecule has 0 aliphatic rings. The predicted octanol–water partition coefficient (Wildman–Crippen LogP) is 5.91. The van der Waals surface area contributed by atoms with Gasteiger partial charge in [0, 0.05) is 11.5 Å². The number of esters is 1. The van der Waals surface area contributed by atoms with Gasteiger partial charge in [-0.2, -0.15) is 10.3 Å². The van der Waals surface area contributed by atoms with Gasteiger partial charge in [0.05, 0.1) is 4.92 Å². The lowest BCUT2D eigenvalue weighted by Crippen LogP contribution is -2.35. The van der Waals surface area contributed by atoms with Gasteiger partial charge in [-0.3, -0.25) is 14.9 Å². The minimum atomic E-state index is -4.59. The van der Waals surface area contributed by atoms with E-state index in [9.17, 15) is 24.7 Å². The SMILES string of the molecule is C[C@H](NP(=O)(Oc1c(C#N)cccc1[N+](=O)[O-])Oc1cccc2ccccc12)C(=O)OCc1ccccc1. The van der Waals surface area contributed by atoms with E-state index < -0.39 is 36.1 Å². The normalized spacial score (nSPS) is 13.1. The molecule has 38 heavy (non-hydrogen) atoms. The van der Waals surface area contributed by atoms with Crippen LogP contribution in [0.15, 0.2) is 91.0 Å². The van der Waals surface area contributed by atoms with Crippen LogP contribution in [-0.4, -0.2) is 16.9 Å². The number of benzene rings is 4. The van der Waals surface area contributed by atoms with E-state index in [0.717, 1.165) is 17.0 Å². The van der Waals surface area contributed by atoms with E-state index in [-0.39, 0.29) is 17.9 Å². The fourth-order valence-corrected chi connectivity index (χ4v) is 5.17. The molecule has 11 heteroatoms. The Labute approximate surface area is 218 Å². The van der Waals surface area contributed by atoms with Gasteiger partial charge in [-0.1, -0.05) is 72.8 Å². The number of nitrogens with one attached hydrogen (secondary N) is 1. The fourth-order valence-electron chi connectivity index (χ4n) is 3.59. The van der Waals surface area contributed by atoms with E-state index in [4.69, 9.17) is 13.8 Å². The monoisotopic (exact) mass is 531 g/mol. The van der Waals surface area contributed by atoms with Gasteiger partial charge in [0.15, 0.2) is 0 Å². The van der Waals surface area contributed by atoms with E-state index >= 15 is 0 Å². The molecule has 0 saturated heterocycles. The van der Waals surface area contributed by atoms with Crippen LogP contribution in [-0.2, 0) is 20.7 Å². The van der Waals surface area contributed by atoms with Gasteiger partial charge < -0.3 is 13.8 Å². The average molecular weight is 531 g/mol. The quantitative estimate of drug-likeness (QED) is 0.114. The third-order valence-corrected chi connectivity index (χ3v) is 6.98. The van der Waals surface area contributed by atoms with Crippen LogP contribution >= 0.6 is 7.75 Å². The first-order chi connectivity index (χ1) is 18.3. The Morgan fingerprint density at radius 2 is 1.68 bits per heavy atom. The van der Waals surface area contributed by atoms with Crippen LogP contribution in [0.5, 0.6) is 11.5 Å². The second-order valence-electron chi connectivity index (χ2n) is 8.12. The maximum Gasteiger partial charge on any atom is 0.513 e. The average Bonchev–Trinajstić information content (AvgIpc) is 2.92. The number of carbonyl (C=O) groups excluding carboxylic acids is 1. The van der Waals surface area contributed by atoms with Gasteiger partial charge in [-0.25, -0.2) is 4.57 Å². The summed E-state index contributed by atoms with van der Waals surface area (Å²) in [6.07, 6.45) is 0. The molecule has 2 atom stereocenters. The molecule has 1 unspecified atom stereocenters. The highest BCUT2D eigenvalue weighted by atomic mass is 31.2. The molecular formula is C27H22N3O7P. The summed E-state index contributed by atoms with van der Waals surface area (Å²) < 4.78 is 30.9. The molecule has 0 radical (unpaired) electrons. The molecule has 4 rings (SSSR count). The van der Waals surface area contributed by atoms with Crippen molar-refractivity contribution in [1.29, 1.82) is 5.26 Å². The Balaban J connectivity index is 1.68. The summed E-state index contributed by atoms with van der Waals surface area (Å²) in [7, 11) is -4.59. The molecule has 4 aromatic rings. The number of ether oxygens (including phenoxy) is 1. The summed E-state index contributed by atoms with van der Waals surface area (Å²) >= 11 is 0. The number of nitriles is 1. The zero-order chi connectivity index (χ0) is 27.1. The van der Waals surface area contributed by atoms with Crippen LogP contribution in [0.4, 0.5) is 5.69 Å². The Hall–Kier alpha value is -4.71. The second-order valence-corrected chi connectivity index (χ2v) is 9.74. The van der Waals surface area contributed by atoms with E-state index in [0.29, 0.717) is 5.39 Å². The molecule has 0 bridgehead atoms. The molecule has 0 saturated carbocycles. The molecule has 0 aliphatic carbocycles. The summed E-state index contributed by atoms with van der Waals surface area (Å²) in [5.41, 5.74) is -0.0768. The Kier molecular flexibility index (Phi) is 8.02. The van der Waals surface area contributed by atoms with Gasteiger partial charge in [-0.15, -0.1) is 0 Å². The highest BCUT2D eigenvalue weighted by Crippen LogP contribution is 2.50. The first kappa shape index (κ1) is 26.4. The summed E-state index contributed by atoms with van der Waals surface area (Å²) in [5.74, 6) is -1.18. The highest BCUT2D eigenvalue weighted by Gasteiger charge is 2.37. The summed E-state index contributed by atoms with van der Waals surface area (Å²) in [6.45, 7) is 1.37. The van der Waals surface area contributed by atoms with Crippen LogP contribution in [0, 0.1) is 21.4 Å². The van der Waals surface area contributed by atoms with Gasteiger partial charge in [0.1, 0.15) is 30.0 Å². The summed E-state index contributed by atoms with van der Waals surface area (Å²) in [5, 5.41) is 25.0. The van der Waals surface area contributed by atoms with Crippen molar-refractivity contribution in [3.63, 3.8) is 0 Å². The van der Waals surface area contributed by atoms with Gasteiger partial charge in [-0.05, 0) is 30.0 Å². The van der Waals surface area contributed by atoms with Crippen molar-refractivity contribution in [3.8, 4) is 17.6 Å². The van der Waals surface area contributed by atoms with E-state index in [1.165, 1.54) is 19.1 Å². The van der Waals surface area contributed by atoms with Gasteiger partial charge in [0.2, 0.25) is 5.75 Å². The van der Waals surface area contributed by atoms with E-state index in [1.54, 1.807) is 54.6 Å². The van der Waals surface area contributed by atoms with Gasteiger partial charge >= 0.3 is 19.4 Å². The number of carbonyl (C=O) groups is 1. The smallest absolute Gasteiger partial charge is 0.460 e. The maximum atomic E-state index is 14.1. The Bertz CT molecular complexity index is 1560. The molecule has 10 nitrogen and oxygen atoms in total. The second kappa shape index (κ2) is 11.6. The van der Waals surface area contributed by atoms with Crippen LogP contribution in [0.2, 0.25) is 0 Å². The number of nitro groups is 1. The molecule has 1 N–H and O–H groups in total. The fraction of sp³-hybridized carbons (Fsp3) is 0.111. The summed E-state index contributed by atoms with van der Waals surface area (Å²) in [4.78, 5) is 23.6. The van der Waals surface area contributed by atoms with Crippen molar-refractivity contribution >= 4 is 30.2 Å². The lowest BCUT2D eigenvalue weighted by molar-refractivity contribution is -0.385. The molecule has 4 aromatic carbocycles.